The number of hydrogen-bond acceptors (Lipinski definition) is 2. The van der Waals surface area contributed by atoms with Gasteiger partial charge in [0.1, 0.15) is 12.4 Å². The molecule has 1 rings (SSSR count). The first-order valence-electron chi connectivity index (χ1n) is 5.75. The minimum atomic E-state index is -4.24. The Kier molecular flexibility index (Phi) is 6.83. The molecule has 0 radical (unpaired) electrons. The van der Waals surface area contributed by atoms with Gasteiger partial charge in [0.25, 0.3) is 0 Å². The molecular weight excluding hydrogens is 384 g/mol. The molecule has 120 valence electrons. The standard InChI is InChI=1S/C12H12BrClF5NO/c1-20-8(4-21-5-12(18,19)11(16)17)6-2-3-7(13)9(14)10(6)15/h2-3,8,11,20H,4-5H2,1H3. The van der Waals surface area contributed by atoms with Crippen molar-refractivity contribution in [2.24, 2.45) is 0 Å². The number of hydrogen-bond donors (Lipinski definition) is 1. The monoisotopic (exact) mass is 395 g/mol. The van der Waals surface area contributed by atoms with E-state index in [0.29, 0.717) is 4.47 Å². The molecule has 0 aliphatic heterocycles. The van der Waals surface area contributed by atoms with E-state index in [1.807, 2.05) is 0 Å². The van der Waals surface area contributed by atoms with Crippen LogP contribution < -0.4 is 5.32 Å². The summed E-state index contributed by atoms with van der Waals surface area (Å²) in [7, 11) is 1.45. The highest BCUT2D eigenvalue weighted by molar-refractivity contribution is 9.10. The van der Waals surface area contributed by atoms with Gasteiger partial charge in [-0.2, -0.15) is 8.78 Å². The number of halogens is 7. The topological polar surface area (TPSA) is 21.3 Å². The van der Waals surface area contributed by atoms with E-state index in [9.17, 15) is 22.0 Å². The first-order chi connectivity index (χ1) is 9.70. The second-order valence-electron chi connectivity index (χ2n) is 4.18. The van der Waals surface area contributed by atoms with Crippen LogP contribution in [0.25, 0.3) is 0 Å². The normalized spacial score (nSPS) is 13.8. The molecule has 1 N–H and O–H groups in total. The highest BCUT2D eigenvalue weighted by Gasteiger charge is 2.41. The minimum Gasteiger partial charge on any atom is -0.373 e. The van der Waals surface area contributed by atoms with E-state index in [1.54, 1.807) is 0 Å². The van der Waals surface area contributed by atoms with Gasteiger partial charge in [-0.05, 0) is 29.0 Å². The Labute approximate surface area is 131 Å². The molecule has 0 spiro atoms. The van der Waals surface area contributed by atoms with Crippen molar-refractivity contribution in [3.8, 4) is 0 Å². The first-order valence-corrected chi connectivity index (χ1v) is 6.92. The van der Waals surface area contributed by atoms with E-state index < -0.39 is 37.4 Å². The Morgan fingerprint density at radius 2 is 2.00 bits per heavy atom. The molecular formula is C12H12BrClF5NO. The third-order valence-electron chi connectivity index (χ3n) is 2.69. The quantitative estimate of drug-likeness (QED) is 0.544. The highest BCUT2D eigenvalue weighted by Crippen LogP contribution is 2.31. The summed E-state index contributed by atoms with van der Waals surface area (Å²) < 4.78 is 68.2. The van der Waals surface area contributed by atoms with E-state index in [1.165, 1.54) is 19.2 Å². The zero-order chi connectivity index (χ0) is 16.2. The summed E-state index contributed by atoms with van der Waals surface area (Å²) in [6.07, 6.45) is -3.82. The zero-order valence-electron chi connectivity index (χ0n) is 10.8. The van der Waals surface area contributed by atoms with Crippen molar-refractivity contribution >= 4 is 27.5 Å². The number of rotatable bonds is 7. The van der Waals surface area contributed by atoms with Crippen molar-refractivity contribution in [1.29, 1.82) is 0 Å². The summed E-state index contributed by atoms with van der Waals surface area (Å²) in [4.78, 5) is 0. The predicted octanol–water partition coefficient (Wildman–Crippen LogP) is 4.42. The van der Waals surface area contributed by atoms with Crippen LogP contribution in [0.3, 0.4) is 0 Å². The van der Waals surface area contributed by atoms with E-state index in [0.717, 1.165) is 0 Å². The molecule has 1 aromatic rings. The van der Waals surface area contributed by atoms with Crippen molar-refractivity contribution < 1.29 is 26.7 Å². The van der Waals surface area contributed by atoms with Crippen LogP contribution in [-0.2, 0) is 4.74 Å². The lowest BCUT2D eigenvalue weighted by Crippen LogP contribution is -2.34. The fourth-order valence-electron chi connectivity index (χ4n) is 1.51. The molecule has 0 aromatic heterocycles. The lowest BCUT2D eigenvalue weighted by atomic mass is 10.1. The summed E-state index contributed by atoms with van der Waals surface area (Å²) in [5, 5.41) is 2.49. The summed E-state index contributed by atoms with van der Waals surface area (Å²) >= 11 is 8.76. The second-order valence-corrected chi connectivity index (χ2v) is 5.41. The van der Waals surface area contributed by atoms with Gasteiger partial charge in [0, 0.05) is 10.0 Å². The van der Waals surface area contributed by atoms with Crippen LogP contribution >= 0.6 is 27.5 Å². The van der Waals surface area contributed by atoms with E-state index in [-0.39, 0.29) is 10.6 Å². The van der Waals surface area contributed by atoms with Crippen molar-refractivity contribution in [3.05, 3.63) is 33.0 Å². The van der Waals surface area contributed by atoms with Crippen LogP contribution in [0.15, 0.2) is 16.6 Å². The maximum Gasteiger partial charge on any atom is 0.330 e. The lowest BCUT2D eigenvalue weighted by Gasteiger charge is -2.20. The zero-order valence-corrected chi connectivity index (χ0v) is 13.1. The summed E-state index contributed by atoms with van der Waals surface area (Å²) in [5.74, 6) is -4.98. The van der Waals surface area contributed by atoms with Crippen molar-refractivity contribution in [3.63, 3.8) is 0 Å². The number of alkyl halides is 4. The molecule has 9 heteroatoms. The Morgan fingerprint density at radius 3 is 2.52 bits per heavy atom. The fraction of sp³-hybridized carbons (Fsp3) is 0.500. The molecule has 21 heavy (non-hydrogen) atoms. The van der Waals surface area contributed by atoms with Gasteiger partial charge in [0.2, 0.25) is 0 Å². The molecule has 0 amide bonds. The van der Waals surface area contributed by atoms with Gasteiger partial charge in [-0.3, -0.25) is 0 Å². The molecule has 0 heterocycles. The largest absolute Gasteiger partial charge is 0.373 e. The summed E-state index contributed by atoms with van der Waals surface area (Å²) in [5.41, 5.74) is 0.0889. The number of ether oxygens (including phenoxy) is 1. The lowest BCUT2D eigenvalue weighted by molar-refractivity contribution is -0.167. The van der Waals surface area contributed by atoms with Crippen LogP contribution in [0, 0.1) is 5.82 Å². The SMILES string of the molecule is CNC(COCC(F)(F)C(F)F)c1ccc(Br)c(Cl)c1F. The average Bonchev–Trinajstić information content (AvgIpc) is 2.42. The maximum atomic E-state index is 14.0. The molecule has 2 nitrogen and oxygen atoms in total. The highest BCUT2D eigenvalue weighted by atomic mass is 79.9. The van der Waals surface area contributed by atoms with Crippen molar-refractivity contribution in [2.45, 2.75) is 18.4 Å². The molecule has 1 aromatic carbocycles. The van der Waals surface area contributed by atoms with Crippen molar-refractivity contribution in [2.75, 3.05) is 20.3 Å². The maximum absolute atomic E-state index is 14.0. The number of nitrogens with one attached hydrogen (secondary N) is 1. The first kappa shape index (κ1) is 18.6. The number of likely N-dealkylation sites (N-methyl/N-ethyl adjacent to an activating group) is 1. The molecule has 0 aliphatic rings. The minimum absolute atomic E-state index is 0.0889. The fourth-order valence-corrected chi connectivity index (χ4v) is 1.99. The van der Waals surface area contributed by atoms with E-state index in [4.69, 9.17) is 11.6 Å². The Hall–Kier alpha value is -0.440. The van der Waals surface area contributed by atoms with Crippen molar-refractivity contribution in [1.82, 2.24) is 5.32 Å². The molecule has 1 unspecified atom stereocenters. The Bertz CT molecular complexity index is 489. The van der Waals surface area contributed by atoms with Crippen LogP contribution in [0.2, 0.25) is 5.02 Å². The second kappa shape index (κ2) is 7.71. The van der Waals surface area contributed by atoms with Gasteiger partial charge in [-0.1, -0.05) is 17.7 Å². The third-order valence-corrected chi connectivity index (χ3v) is 3.95. The number of benzene rings is 1. The van der Waals surface area contributed by atoms with Gasteiger partial charge in [-0.25, -0.2) is 13.2 Å². The van der Waals surface area contributed by atoms with Gasteiger partial charge >= 0.3 is 12.3 Å². The Morgan fingerprint density at radius 1 is 1.38 bits per heavy atom. The smallest absolute Gasteiger partial charge is 0.330 e. The van der Waals surface area contributed by atoms with Crippen LogP contribution in [0.4, 0.5) is 22.0 Å². The Balaban J connectivity index is 2.75. The predicted molar refractivity (Wildman–Crippen MR) is 72.7 cm³/mol. The van der Waals surface area contributed by atoms with Crippen LogP contribution in [0.1, 0.15) is 11.6 Å². The molecule has 0 bridgehead atoms. The van der Waals surface area contributed by atoms with Crippen LogP contribution in [-0.4, -0.2) is 32.6 Å². The van der Waals surface area contributed by atoms with Gasteiger partial charge in [0.15, 0.2) is 0 Å². The third kappa shape index (κ3) is 4.77. The van der Waals surface area contributed by atoms with E-state index in [2.05, 4.69) is 26.0 Å². The molecule has 0 saturated carbocycles. The van der Waals surface area contributed by atoms with Gasteiger partial charge in [0.05, 0.1) is 17.7 Å². The summed E-state index contributed by atoms with van der Waals surface area (Å²) in [6, 6.07) is 2.07. The average molecular weight is 397 g/mol. The molecule has 0 saturated heterocycles. The molecule has 1 atom stereocenters. The van der Waals surface area contributed by atoms with Gasteiger partial charge < -0.3 is 10.1 Å². The summed E-state index contributed by atoms with van der Waals surface area (Å²) in [6.45, 7) is -1.86. The van der Waals surface area contributed by atoms with Gasteiger partial charge in [-0.15, -0.1) is 0 Å². The molecule has 0 fully saturated rings. The van der Waals surface area contributed by atoms with E-state index >= 15 is 0 Å². The van der Waals surface area contributed by atoms with Crippen LogP contribution in [0.5, 0.6) is 0 Å². The molecule has 0 aliphatic carbocycles.